The predicted molar refractivity (Wildman–Crippen MR) is 92.9 cm³/mol. The van der Waals surface area contributed by atoms with E-state index in [2.05, 4.69) is 10.6 Å². The van der Waals surface area contributed by atoms with Crippen molar-refractivity contribution in [2.45, 2.75) is 39.7 Å². The van der Waals surface area contributed by atoms with Crippen molar-refractivity contribution in [1.82, 2.24) is 10.6 Å². The van der Waals surface area contributed by atoms with Crippen LogP contribution < -0.4 is 10.6 Å². The molecule has 0 unspecified atom stereocenters. The van der Waals surface area contributed by atoms with Gasteiger partial charge in [0.2, 0.25) is 11.8 Å². The highest BCUT2D eigenvalue weighted by atomic mass is 16.5. The fraction of sp³-hybridized carbons (Fsp3) is 0.812. The minimum atomic E-state index is -0.270. The van der Waals surface area contributed by atoms with E-state index < -0.39 is 0 Å². The molecule has 0 aliphatic rings. The molecule has 0 bridgehead atoms. The van der Waals surface area contributed by atoms with E-state index >= 15 is 0 Å². The Morgan fingerprint density at radius 1 is 0.917 bits per heavy atom. The largest absolute Gasteiger partial charge is 0.376 e. The second kappa shape index (κ2) is 15.0. The lowest BCUT2D eigenvalue weighted by atomic mass is 10.3. The Morgan fingerprint density at radius 2 is 1.58 bits per heavy atom. The van der Waals surface area contributed by atoms with Gasteiger partial charge < -0.3 is 24.8 Å². The number of hydrogen-bond donors (Lipinski definition) is 2. The molecule has 0 atom stereocenters. The minimum absolute atomic E-state index is 0. The van der Waals surface area contributed by atoms with Gasteiger partial charge in [-0.1, -0.05) is 6.92 Å². The van der Waals surface area contributed by atoms with Crippen molar-refractivity contribution in [1.29, 1.82) is 0 Å². The van der Waals surface area contributed by atoms with E-state index in [4.69, 9.17) is 14.2 Å². The molecule has 0 aromatic rings. The molecule has 0 heterocycles. The monoisotopic (exact) mass is 350 g/mol. The van der Waals surface area contributed by atoms with E-state index in [-0.39, 0.29) is 59.3 Å². The lowest BCUT2D eigenvalue weighted by Crippen LogP contribution is -2.34. The molecule has 0 rings (SSSR count). The van der Waals surface area contributed by atoms with Gasteiger partial charge in [-0.25, -0.2) is 0 Å². The van der Waals surface area contributed by atoms with Crippen LogP contribution in [-0.4, -0.2) is 69.8 Å². The number of carbonyl (C=O) groups excluding carboxylic acids is 3. The average Bonchev–Trinajstić information content (AvgIpc) is 2.53. The van der Waals surface area contributed by atoms with Crippen molar-refractivity contribution in [3.63, 3.8) is 0 Å². The van der Waals surface area contributed by atoms with E-state index in [0.717, 1.165) is 0 Å². The topological polar surface area (TPSA) is 103 Å². The molecule has 0 saturated heterocycles. The highest BCUT2D eigenvalue weighted by molar-refractivity contribution is 5.80. The first-order chi connectivity index (χ1) is 11.5. The molecule has 0 aliphatic carbocycles. The zero-order valence-corrected chi connectivity index (χ0v) is 14.9. The number of amides is 2. The minimum Gasteiger partial charge on any atom is -0.376 e. The lowest BCUT2D eigenvalue weighted by Gasteiger charge is -2.09. The molecule has 0 aromatic heterocycles. The molecule has 8 nitrogen and oxygen atoms in total. The van der Waals surface area contributed by atoms with E-state index in [1.165, 1.54) is 0 Å². The molecule has 0 fully saturated rings. The fourth-order valence-corrected chi connectivity index (χ4v) is 1.51. The molecule has 8 heteroatoms. The van der Waals surface area contributed by atoms with Crippen LogP contribution >= 0.6 is 0 Å². The van der Waals surface area contributed by atoms with E-state index in [0.29, 0.717) is 26.2 Å². The second-order valence-corrected chi connectivity index (χ2v) is 5.37. The SMILES string of the molecule is CCC(=O)COCCNC(=O)CCNC(=O)COCCOC(C)C.[HH].[HH]. The standard InChI is InChI=1S/C16H30N2O6.2H2/c1-4-14(19)11-22-8-7-18-15(20)5-6-17-16(21)12-23-9-10-24-13(2)3;;/h13H,4-12H2,1-3H3,(H,17,21)(H,18,20);2*1H. The molecule has 24 heavy (non-hydrogen) atoms. The third kappa shape index (κ3) is 15.4. The molecule has 0 spiro atoms. The van der Waals surface area contributed by atoms with Crippen LogP contribution in [0.2, 0.25) is 0 Å². The fourth-order valence-electron chi connectivity index (χ4n) is 1.51. The first kappa shape index (κ1) is 22.5. The van der Waals surface area contributed by atoms with Crippen LogP contribution in [0.1, 0.15) is 36.5 Å². The Hall–Kier alpha value is -1.51. The van der Waals surface area contributed by atoms with Crippen molar-refractivity contribution in [2.75, 3.05) is 46.1 Å². The van der Waals surface area contributed by atoms with Crippen LogP contribution in [-0.2, 0) is 28.6 Å². The number of rotatable bonds is 15. The summed E-state index contributed by atoms with van der Waals surface area (Å²) in [5, 5.41) is 5.24. The highest BCUT2D eigenvalue weighted by Crippen LogP contribution is 1.87. The number of Topliss-reactive ketones (excluding diaryl/α,β-unsaturated/α-hetero) is 1. The number of ether oxygens (including phenoxy) is 3. The van der Waals surface area contributed by atoms with Gasteiger partial charge >= 0.3 is 0 Å². The Balaban J connectivity index is -0.00000264. The van der Waals surface area contributed by atoms with Gasteiger partial charge in [-0.3, -0.25) is 14.4 Å². The van der Waals surface area contributed by atoms with Gasteiger partial charge in [0.1, 0.15) is 13.2 Å². The summed E-state index contributed by atoms with van der Waals surface area (Å²) in [7, 11) is 0. The zero-order chi connectivity index (χ0) is 18.2. The summed E-state index contributed by atoms with van der Waals surface area (Å²) < 4.78 is 15.5. The lowest BCUT2D eigenvalue weighted by molar-refractivity contribution is -0.126. The van der Waals surface area contributed by atoms with Crippen molar-refractivity contribution < 1.29 is 31.4 Å². The summed E-state index contributed by atoms with van der Waals surface area (Å²) in [5.41, 5.74) is 0. The highest BCUT2D eigenvalue weighted by Gasteiger charge is 2.05. The summed E-state index contributed by atoms with van der Waals surface area (Å²) in [6, 6.07) is 0. The summed E-state index contributed by atoms with van der Waals surface area (Å²) in [4.78, 5) is 33.9. The van der Waals surface area contributed by atoms with Crippen LogP contribution in [0.25, 0.3) is 0 Å². The Morgan fingerprint density at radius 3 is 2.25 bits per heavy atom. The quantitative estimate of drug-likeness (QED) is 0.418. The van der Waals surface area contributed by atoms with Crippen LogP contribution in [0.4, 0.5) is 0 Å². The average molecular weight is 350 g/mol. The Kier molecular flexibility index (Phi) is 14.1. The molecular weight excluding hydrogens is 316 g/mol. The zero-order valence-electron chi connectivity index (χ0n) is 14.9. The summed E-state index contributed by atoms with van der Waals surface area (Å²) in [5.74, 6) is -0.428. The van der Waals surface area contributed by atoms with Gasteiger partial charge in [-0.15, -0.1) is 0 Å². The molecular formula is C16H34N2O6. The van der Waals surface area contributed by atoms with Gasteiger partial charge in [0, 0.05) is 28.8 Å². The molecule has 0 radical (unpaired) electrons. The summed E-state index contributed by atoms with van der Waals surface area (Å²) in [6.07, 6.45) is 0.759. The molecule has 0 aliphatic heterocycles. The van der Waals surface area contributed by atoms with Crippen LogP contribution in [0.5, 0.6) is 0 Å². The van der Waals surface area contributed by atoms with Gasteiger partial charge in [-0.05, 0) is 13.8 Å². The van der Waals surface area contributed by atoms with Crippen molar-refractivity contribution >= 4 is 17.6 Å². The maximum absolute atomic E-state index is 11.5. The van der Waals surface area contributed by atoms with E-state index in [1.807, 2.05) is 13.8 Å². The Bertz CT molecular complexity index is 384. The molecule has 2 N–H and O–H groups in total. The predicted octanol–water partition coefficient (Wildman–Crippen LogP) is 0.538. The number of ketones is 1. The first-order valence-electron chi connectivity index (χ1n) is 8.27. The number of hydrogen-bond acceptors (Lipinski definition) is 6. The molecule has 144 valence electrons. The molecule has 2 amide bonds. The molecule has 0 aromatic carbocycles. The van der Waals surface area contributed by atoms with Crippen LogP contribution in [0, 0.1) is 0 Å². The molecule has 0 saturated carbocycles. The smallest absolute Gasteiger partial charge is 0.246 e. The first-order valence-corrected chi connectivity index (χ1v) is 8.27. The third-order valence-corrected chi connectivity index (χ3v) is 2.81. The summed E-state index contributed by atoms with van der Waals surface area (Å²) >= 11 is 0. The second-order valence-electron chi connectivity index (χ2n) is 5.37. The summed E-state index contributed by atoms with van der Waals surface area (Å²) in [6.45, 7) is 7.30. The normalized spacial score (nSPS) is 10.7. The number of carbonyl (C=O) groups is 3. The maximum atomic E-state index is 11.5. The van der Waals surface area contributed by atoms with Crippen LogP contribution in [0.15, 0.2) is 0 Å². The van der Waals surface area contributed by atoms with Gasteiger partial charge in [0.25, 0.3) is 0 Å². The van der Waals surface area contributed by atoms with Crippen LogP contribution in [0.3, 0.4) is 0 Å². The van der Waals surface area contributed by atoms with Crippen molar-refractivity contribution in [3.05, 3.63) is 0 Å². The number of nitrogens with one attached hydrogen (secondary N) is 2. The van der Waals surface area contributed by atoms with E-state index in [9.17, 15) is 14.4 Å². The van der Waals surface area contributed by atoms with Crippen molar-refractivity contribution in [3.8, 4) is 0 Å². The van der Waals surface area contributed by atoms with E-state index in [1.54, 1.807) is 6.92 Å². The van der Waals surface area contributed by atoms with Crippen molar-refractivity contribution in [2.24, 2.45) is 0 Å². The van der Waals surface area contributed by atoms with Gasteiger partial charge in [0.05, 0.1) is 25.9 Å². The van der Waals surface area contributed by atoms with Gasteiger partial charge in [-0.2, -0.15) is 0 Å². The Labute approximate surface area is 146 Å². The maximum Gasteiger partial charge on any atom is 0.246 e. The van der Waals surface area contributed by atoms with Gasteiger partial charge in [0.15, 0.2) is 5.78 Å². The third-order valence-electron chi connectivity index (χ3n) is 2.81.